The van der Waals surface area contributed by atoms with E-state index in [0.717, 1.165) is 6.61 Å². The van der Waals surface area contributed by atoms with Gasteiger partial charge in [-0.15, -0.1) is 0 Å². The van der Waals surface area contributed by atoms with E-state index in [1.807, 2.05) is 10.8 Å². The Labute approximate surface area is 220 Å². The van der Waals surface area contributed by atoms with Crippen molar-refractivity contribution in [3.63, 3.8) is 0 Å². The van der Waals surface area contributed by atoms with Gasteiger partial charge in [0.25, 0.3) is 0 Å². The lowest BCUT2D eigenvalue weighted by atomic mass is 10.0. The summed E-state index contributed by atoms with van der Waals surface area (Å²) < 4.78 is 6.20. The van der Waals surface area contributed by atoms with Gasteiger partial charge in [-0.1, -0.05) is 72.0 Å². The summed E-state index contributed by atoms with van der Waals surface area (Å²) in [5.41, 5.74) is 11.8. The lowest BCUT2D eigenvalue weighted by molar-refractivity contribution is 0.303. The average molecular weight is 527 g/mol. The molecule has 192 valence electrons. The highest BCUT2D eigenvalue weighted by Crippen LogP contribution is 2.96. The lowest BCUT2D eigenvalue weighted by Crippen LogP contribution is -2.31. The second-order valence-corrected chi connectivity index (χ2v) is 22.8. The summed E-state index contributed by atoms with van der Waals surface area (Å²) in [6.45, 7) is 29.1. The second-order valence-electron chi connectivity index (χ2n) is 12.5. The Bertz CT molecular complexity index is 935. The summed E-state index contributed by atoms with van der Waals surface area (Å²) in [6, 6.07) is 9.62. The first-order valence-electron chi connectivity index (χ1n) is 13.2. The molecule has 0 saturated carbocycles. The Kier molecular flexibility index (Phi) is 9.18. The molecular formula is C31H48OP2Si. The molecule has 1 aliphatic heterocycles. The largest absolute Gasteiger partial charge is 0.418 e. The van der Waals surface area contributed by atoms with Gasteiger partial charge in [0.2, 0.25) is 0 Å². The number of hydrogen-bond acceptors (Lipinski definition) is 1. The van der Waals surface area contributed by atoms with Crippen LogP contribution in [-0.2, 0) is 4.43 Å². The molecule has 0 spiro atoms. The highest BCUT2D eigenvalue weighted by Gasteiger charge is 2.57. The molecule has 1 saturated heterocycles. The minimum atomic E-state index is -1.44. The standard InChI is InChI=1S/C31H48OP2Si/c1-21-17-23(3)27(24(4)18-21)29-33(16-14-13-15-32-35(10,11)12)30(34(29)31(7,8)9)28-25(5)19-22(2)20-26(28)6/h17-20H,13-16H2,1-12H3. The summed E-state index contributed by atoms with van der Waals surface area (Å²) in [6.07, 6.45) is 3.72. The van der Waals surface area contributed by atoms with Gasteiger partial charge in [0.05, 0.1) is 10.8 Å². The Morgan fingerprint density at radius 2 is 1.09 bits per heavy atom. The van der Waals surface area contributed by atoms with E-state index < -0.39 is 8.32 Å². The molecule has 4 heteroatoms. The molecule has 0 bridgehead atoms. The average Bonchev–Trinajstić information content (AvgIpc) is 2.65. The molecule has 0 N–H and O–H groups in total. The highest BCUT2D eigenvalue weighted by atomic mass is 31.2. The van der Waals surface area contributed by atoms with E-state index in [4.69, 9.17) is 4.43 Å². The molecule has 35 heavy (non-hydrogen) atoms. The Morgan fingerprint density at radius 1 is 0.686 bits per heavy atom. The van der Waals surface area contributed by atoms with Crippen molar-refractivity contribution in [3.8, 4) is 0 Å². The molecule has 2 radical (unpaired) electrons. The lowest BCUT2D eigenvalue weighted by Gasteiger charge is -2.59. The van der Waals surface area contributed by atoms with Gasteiger partial charge in [-0.05, 0) is 119 Å². The van der Waals surface area contributed by atoms with Crippen LogP contribution in [0.25, 0.3) is 0 Å². The van der Waals surface area contributed by atoms with Crippen LogP contribution in [0.5, 0.6) is 0 Å². The quantitative estimate of drug-likeness (QED) is 0.189. The molecule has 1 nitrogen and oxygen atoms in total. The van der Waals surface area contributed by atoms with Crippen molar-refractivity contribution in [3.05, 3.63) is 79.6 Å². The van der Waals surface area contributed by atoms with Crippen molar-refractivity contribution >= 4 is 24.2 Å². The van der Waals surface area contributed by atoms with E-state index in [9.17, 15) is 0 Å². The molecule has 0 aromatic heterocycles. The van der Waals surface area contributed by atoms with Crippen LogP contribution < -0.4 is 0 Å². The van der Waals surface area contributed by atoms with Gasteiger partial charge in [0, 0.05) is 6.61 Å². The Morgan fingerprint density at radius 3 is 1.43 bits per heavy atom. The molecule has 1 heterocycles. The number of benzene rings is 2. The number of rotatable bonds is 8. The predicted molar refractivity (Wildman–Crippen MR) is 163 cm³/mol. The smallest absolute Gasteiger partial charge is 0.183 e. The predicted octanol–water partition coefficient (Wildman–Crippen LogP) is 10.3. The van der Waals surface area contributed by atoms with E-state index in [2.05, 4.69) is 106 Å². The fourth-order valence-corrected chi connectivity index (χ4v) is 16.2. The van der Waals surface area contributed by atoms with Gasteiger partial charge in [-0.2, -0.15) is 0 Å². The van der Waals surface area contributed by atoms with Crippen molar-refractivity contribution in [1.29, 1.82) is 0 Å². The minimum Gasteiger partial charge on any atom is -0.418 e. The van der Waals surface area contributed by atoms with Crippen LogP contribution in [0.3, 0.4) is 0 Å². The van der Waals surface area contributed by atoms with Gasteiger partial charge in [0.1, 0.15) is 0 Å². The summed E-state index contributed by atoms with van der Waals surface area (Å²) in [5.74, 6) is 0. The maximum atomic E-state index is 6.20. The van der Waals surface area contributed by atoms with Gasteiger partial charge in [-0.3, -0.25) is 0 Å². The molecule has 2 aromatic rings. The van der Waals surface area contributed by atoms with E-state index in [-0.39, 0.29) is 21.0 Å². The van der Waals surface area contributed by atoms with Crippen molar-refractivity contribution < 1.29 is 4.43 Å². The van der Waals surface area contributed by atoms with Crippen molar-refractivity contribution in [2.24, 2.45) is 0 Å². The fourth-order valence-electron chi connectivity index (χ4n) is 5.55. The van der Waals surface area contributed by atoms with E-state index in [0.29, 0.717) is 0 Å². The molecule has 3 rings (SSSR count). The summed E-state index contributed by atoms with van der Waals surface area (Å²) in [4.78, 5) is 0. The maximum Gasteiger partial charge on any atom is 0.183 e. The monoisotopic (exact) mass is 526 g/mol. The number of hydrogen-bond donors (Lipinski definition) is 0. The van der Waals surface area contributed by atoms with Crippen molar-refractivity contribution in [2.75, 3.05) is 12.8 Å². The van der Waals surface area contributed by atoms with Gasteiger partial charge in [-0.25, -0.2) is 0 Å². The third kappa shape index (κ3) is 6.68. The number of aryl methyl sites for hydroxylation is 6. The molecule has 1 fully saturated rings. The third-order valence-electron chi connectivity index (χ3n) is 6.72. The molecule has 0 atom stereocenters. The van der Waals surface area contributed by atoms with Crippen LogP contribution in [0.4, 0.5) is 0 Å². The van der Waals surface area contributed by atoms with Gasteiger partial charge < -0.3 is 4.43 Å². The van der Waals surface area contributed by atoms with Crippen LogP contribution in [0, 0.1) is 52.3 Å². The molecule has 0 aliphatic carbocycles. The van der Waals surface area contributed by atoms with Crippen molar-refractivity contribution in [1.82, 2.24) is 0 Å². The zero-order chi connectivity index (χ0) is 26.3. The third-order valence-corrected chi connectivity index (χ3v) is 15.3. The van der Waals surface area contributed by atoms with Crippen molar-refractivity contribution in [2.45, 2.75) is 100.0 Å². The van der Waals surface area contributed by atoms with Crippen LogP contribution >= 0.6 is 15.8 Å². The molecule has 2 aromatic carbocycles. The van der Waals surface area contributed by atoms with E-state index >= 15 is 0 Å². The molecule has 0 amide bonds. The van der Waals surface area contributed by atoms with Gasteiger partial charge in [0.15, 0.2) is 8.32 Å². The summed E-state index contributed by atoms with van der Waals surface area (Å²) in [5, 5.41) is 3.89. The zero-order valence-corrected chi connectivity index (χ0v) is 27.2. The highest BCUT2D eigenvalue weighted by molar-refractivity contribution is 8.01. The second kappa shape index (κ2) is 11.1. The number of unbranched alkanes of at least 4 members (excludes halogenated alkanes) is 1. The molecular weight excluding hydrogens is 478 g/mol. The Balaban J connectivity index is 2.03. The molecule has 0 unspecified atom stereocenters. The maximum absolute atomic E-state index is 6.20. The summed E-state index contributed by atoms with van der Waals surface area (Å²) >= 11 is 0. The SMILES string of the molecule is Cc1cc(C)c([C]2P(CCCCO[Si](C)(C)C)[C](c3c(C)cc(C)cc3C)P2C(C)(C)C)c(C)c1. The normalized spacial score (nSPS) is 19.8. The topological polar surface area (TPSA) is 9.23 Å². The first-order valence-corrected chi connectivity index (χ1v) is 19.5. The fraction of sp³-hybridized carbons (Fsp3) is 0.548. The summed E-state index contributed by atoms with van der Waals surface area (Å²) in [7, 11) is -2.08. The first-order chi connectivity index (χ1) is 16.1. The Hall–Kier alpha value is -0.523. The molecule has 1 aliphatic rings. The van der Waals surface area contributed by atoms with E-state index in [1.54, 1.807) is 11.1 Å². The van der Waals surface area contributed by atoms with Crippen LogP contribution in [0.2, 0.25) is 19.6 Å². The zero-order valence-electron chi connectivity index (χ0n) is 24.4. The minimum absolute atomic E-state index is 0.257. The van der Waals surface area contributed by atoms with E-state index in [1.165, 1.54) is 52.4 Å². The van der Waals surface area contributed by atoms with Crippen LogP contribution in [-0.4, -0.2) is 26.2 Å². The van der Waals surface area contributed by atoms with Crippen LogP contribution in [0.15, 0.2) is 24.3 Å². The van der Waals surface area contributed by atoms with Gasteiger partial charge >= 0.3 is 0 Å². The first kappa shape index (κ1) is 29.0. The van der Waals surface area contributed by atoms with Crippen LogP contribution in [0.1, 0.15) is 78.1 Å².